The second-order valence-electron chi connectivity index (χ2n) is 8.56. The van der Waals surface area contributed by atoms with Crippen LogP contribution in [0, 0.1) is 0 Å². The molecule has 1 aromatic heterocycles. The third kappa shape index (κ3) is 5.37. The van der Waals surface area contributed by atoms with Crippen LogP contribution >= 0.6 is 23.1 Å². The number of hydrogen-bond donors (Lipinski definition) is 0. The molecule has 1 atom stereocenters. The normalized spacial score (nSPS) is 18.8. The number of rotatable bonds is 7. The van der Waals surface area contributed by atoms with Crippen LogP contribution in [0.15, 0.2) is 60.0 Å². The van der Waals surface area contributed by atoms with Crippen LogP contribution in [-0.2, 0) is 4.79 Å². The third-order valence-electron chi connectivity index (χ3n) is 6.43. The number of hydrogen-bond acceptors (Lipinski definition) is 7. The van der Waals surface area contributed by atoms with Gasteiger partial charge < -0.3 is 14.5 Å². The van der Waals surface area contributed by atoms with E-state index in [1.54, 1.807) is 18.9 Å². The van der Waals surface area contributed by atoms with Gasteiger partial charge in [0.15, 0.2) is 0 Å². The topological polar surface area (TPSA) is 66.0 Å². The maximum Gasteiger partial charge on any atom is 0.273 e. The van der Waals surface area contributed by atoms with Crippen molar-refractivity contribution in [2.45, 2.75) is 5.37 Å². The molecule has 7 nitrogen and oxygen atoms in total. The Labute approximate surface area is 213 Å². The molecular formula is C26H28N4O3S2. The van der Waals surface area contributed by atoms with Crippen molar-refractivity contribution in [3.63, 3.8) is 0 Å². The highest BCUT2D eigenvalue weighted by Crippen LogP contribution is 2.38. The van der Waals surface area contributed by atoms with E-state index in [1.165, 1.54) is 11.3 Å². The standard InChI is InChI=1S/C26H28N4O3S2/c1-33-21-9-7-20(8-10-21)26-30(23(31)18-35-26)16-13-28-11-14-29(15-12-28)25(32)22-17-34-24(27-22)19-5-3-2-4-6-19/h2-10,17,26H,11-16,18H2,1H3. The van der Waals surface area contributed by atoms with E-state index < -0.39 is 0 Å². The Morgan fingerprint density at radius 3 is 2.49 bits per heavy atom. The first kappa shape index (κ1) is 23.8. The monoisotopic (exact) mass is 508 g/mol. The van der Waals surface area contributed by atoms with Crippen LogP contribution in [0.4, 0.5) is 0 Å². The first-order valence-electron chi connectivity index (χ1n) is 11.7. The van der Waals surface area contributed by atoms with Crippen molar-refractivity contribution in [1.82, 2.24) is 19.7 Å². The van der Waals surface area contributed by atoms with Gasteiger partial charge in [-0.25, -0.2) is 4.98 Å². The Hall–Kier alpha value is -2.88. The second-order valence-corrected chi connectivity index (χ2v) is 10.5. The van der Waals surface area contributed by atoms with Gasteiger partial charge in [0.25, 0.3) is 5.91 Å². The first-order valence-corrected chi connectivity index (χ1v) is 13.6. The van der Waals surface area contributed by atoms with E-state index in [1.807, 2.05) is 69.8 Å². The van der Waals surface area contributed by atoms with Gasteiger partial charge in [0.05, 0.1) is 12.9 Å². The summed E-state index contributed by atoms with van der Waals surface area (Å²) in [6.45, 7) is 4.41. The highest BCUT2D eigenvalue weighted by Gasteiger charge is 2.33. The van der Waals surface area contributed by atoms with Gasteiger partial charge in [0.2, 0.25) is 5.91 Å². The molecule has 0 bridgehead atoms. The maximum absolute atomic E-state index is 13.0. The van der Waals surface area contributed by atoms with Crippen LogP contribution in [0.25, 0.3) is 10.6 Å². The molecule has 5 rings (SSSR count). The van der Waals surface area contributed by atoms with E-state index in [2.05, 4.69) is 9.88 Å². The van der Waals surface area contributed by atoms with E-state index in [0.29, 0.717) is 31.1 Å². The molecule has 0 aliphatic carbocycles. The van der Waals surface area contributed by atoms with Crippen molar-refractivity contribution >= 4 is 34.9 Å². The van der Waals surface area contributed by atoms with Crippen LogP contribution in [0.3, 0.4) is 0 Å². The van der Waals surface area contributed by atoms with Gasteiger partial charge in [-0.2, -0.15) is 0 Å². The number of nitrogens with zero attached hydrogens (tertiary/aromatic N) is 4. The molecule has 3 aromatic rings. The largest absolute Gasteiger partial charge is 0.497 e. The lowest BCUT2D eigenvalue weighted by atomic mass is 10.2. The third-order valence-corrected chi connectivity index (χ3v) is 8.58. The molecule has 9 heteroatoms. The molecule has 2 aliphatic heterocycles. The predicted octanol–water partition coefficient (Wildman–Crippen LogP) is 3.85. The summed E-state index contributed by atoms with van der Waals surface area (Å²) in [7, 11) is 1.65. The molecule has 0 radical (unpaired) electrons. The van der Waals surface area contributed by atoms with Crippen LogP contribution in [0.2, 0.25) is 0 Å². The summed E-state index contributed by atoms with van der Waals surface area (Å²) in [5.41, 5.74) is 2.67. The van der Waals surface area contributed by atoms with Crippen LogP contribution < -0.4 is 4.74 Å². The maximum atomic E-state index is 13.0. The predicted molar refractivity (Wildman–Crippen MR) is 140 cm³/mol. The Morgan fingerprint density at radius 2 is 1.77 bits per heavy atom. The van der Waals surface area contributed by atoms with Crippen LogP contribution in [0.1, 0.15) is 21.4 Å². The van der Waals surface area contributed by atoms with Gasteiger partial charge in [-0.15, -0.1) is 23.1 Å². The Kier molecular flexibility index (Phi) is 7.36. The summed E-state index contributed by atoms with van der Waals surface area (Å²) in [6, 6.07) is 17.9. The molecule has 3 heterocycles. The molecule has 0 N–H and O–H groups in total. The summed E-state index contributed by atoms with van der Waals surface area (Å²) < 4.78 is 5.26. The number of thioether (sulfide) groups is 1. The molecule has 35 heavy (non-hydrogen) atoms. The van der Waals surface area contributed by atoms with Crippen molar-refractivity contribution in [2.75, 3.05) is 52.1 Å². The van der Waals surface area contributed by atoms with Gasteiger partial charge in [-0.3, -0.25) is 14.5 Å². The zero-order valence-electron chi connectivity index (χ0n) is 19.6. The van der Waals surface area contributed by atoms with Crippen molar-refractivity contribution in [2.24, 2.45) is 0 Å². The number of benzene rings is 2. The minimum Gasteiger partial charge on any atom is -0.497 e. The molecule has 2 aromatic carbocycles. The van der Waals surface area contributed by atoms with Crippen molar-refractivity contribution in [1.29, 1.82) is 0 Å². The number of ether oxygens (including phenoxy) is 1. The van der Waals surface area contributed by atoms with Gasteiger partial charge >= 0.3 is 0 Å². The fourth-order valence-corrected chi connectivity index (χ4v) is 6.43. The summed E-state index contributed by atoms with van der Waals surface area (Å²) >= 11 is 3.17. The Balaban J connectivity index is 1.13. The Morgan fingerprint density at radius 1 is 1.03 bits per heavy atom. The number of thiazole rings is 1. The van der Waals surface area contributed by atoms with E-state index in [4.69, 9.17) is 4.74 Å². The minimum atomic E-state index is -0.00577. The van der Waals surface area contributed by atoms with Gasteiger partial charge in [-0.05, 0) is 17.7 Å². The van der Waals surface area contributed by atoms with Crippen molar-refractivity contribution in [3.8, 4) is 16.3 Å². The zero-order valence-corrected chi connectivity index (χ0v) is 21.3. The number of piperazine rings is 1. The summed E-state index contributed by atoms with van der Waals surface area (Å²) in [5, 5.41) is 2.76. The molecular weight excluding hydrogens is 480 g/mol. The fraction of sp³-hybridized carbons (Fsp3) is 0.346. The lowest BCUT2D eigenvalue weighted by Gasteiger charge is -2.35. The average Bonchev–Trinajstić information content (AvgIpc) is 3.55. The number of aromatic nitrogens is 1. The first-order chi connectivity index (χ1) is 17.1. The molecule has 0 spiro atoms. The SMILES string of the molecule is COc1ccc(C2SCC(=O)N2CCN2CCN(C(=O)c3csc(-c4ccccc4)n3)CC2)cc1. The molecule has 1 unspecified atom stereocenters. The minimum absolute atomic E-state index is 0.00577. The smallest absolute Gasteiger partial charge is 0.273 e. The van der Waals surface area contributed by atoms with E-state index in [-0.39, 0.29) is 17.2 Å². The van der Waals surface area contributed by atoms with Crippen molar-refractivity contribution in [3.05, 3.63) is 71.2 Å². The molecule has 182 valence electrons. The second kappa shape index (κ2) is 10.8. The van der Waals surface area contributed by atoms with E-state index in [9.17, 15) is 9.59 Å². The number of carbonyl (C=O) groups is 2. The zero-order chi connectivity index (χ0) is 24.2. The number of amides is 2. The molecule has 0 saturated carbocycles. The molecule has 2 aliphatic rings. The van der Waals surface area contributed by atoms with Gasteiger partial charge in [-0.1, -0.05) is 42.5 Å². The summed E-state index contributed by atoms with van der Waals surface area (Å²) in [4.78, 5) is 36.3. The lowest BCUT2D eigenvalue weighted by Crippen LogP contribution is -2.50. The van der Waals surface area contributed by atoms with Gasteiger partial charge in [0.1, 0.15) is 21.8 Å². The number of carbonyl (C=O) groups excluding carboxylic acids is 2. The van der Waals surface area contributed by atoms with E-state index >= 15 is 0 Å². The average molecular weight is 509 g/mol. The highest BCUT2D eigenvalue weighted by molar-refractivity contribution is 8.00. The van der Waals surface area contributed by atoms with Crippen molar-refractivity contribution < 1.29 is 14.3 Å². The van der Waals surface area contributed by atoms with Crippen LogP contribution in [-0.4, -0.2) is 83.6 Å². The van der Waals surface area contributed by atoms with Crippen LogP contribution in [0.5, 0.6) is 5.75 Å². The highest BCUT2D eigenvalue weighted by atomic mass is 32.2. The molecule has 2 amide bonds. The summed E-state index contributed by atoms with van der Waals surface area (Å²) in [6.07, 6.45) is 0. The quantitative estimate of drug-likeness (QED) is 0.483. The van der Waals surface area contributed by atoms with E-state index in [0.717, 1.165) is 41.5 Å². The molecule has 2 saturated heterocycles. The fourth-order valence-electron chi connectivity index (χ4n) is 4.41. The molecule has 2 fully saturated rings. The summed E-state index contributed by atoms with van der Waals surface area (Å²) in [5.74, 6) is 1.50. The van der Waals surface area contributed by atoms with Gasteiger partial charge in [0, 0.05) is 50.2 Å². The number of methoxy groups -OCH3 is 1. The Bertz CT molecular complexity index is 1160. The lowest BCUT2D eigenvalue weighted by molar-refractivity contribution is -0.128.